The first-order chi connectivity index (χ1) is 9.93. The van der Waals surface area contributed by atoms with E-state index in [2.05, 4.69) is 47.8 Å². The van der Waals surface area contributed by atoms with Crippen molar-refractivity contribution >= 4 is 10.8 Å². The van der Waals surface area contributed by atoms with Gasteiger partial charge in [0.25, 0.3) is 0 Å². The summed E-state index contributed by atoms with van der Waals surface area (Å²) < 4.78 is 5.90. The van der Waals surface area contributed by atoms with Gasteiger partial charge in [0.2, 0.25) is 0 Å². The summed E-state index contributed by atoms with van der Waals surface area (Å²) in [4.78, 5) is 0. The molecule has 0 bridgehead atoms. The molecule has 0 aliphatic carbocycles. The molecule has 0 saturated carbocycles. The highest BCUT2D eigenvalue weighted by Gasteiger charge is 2.12. The summed E-state index contributed by atoms with van der Waals surface area (Å²) in [6, 6.07) is 15.0. The van der Waals surface area contributed by atoms with Crippen molar-refractivity contribution < 1.29 is 4.74 Å². The fourth-order valence-electron chi connectivity index (χ4n) is 3.02. The molecule has 0 aromatic heterocycles. The highest BCUT2D eigenvalue weighted by molar-refractivity contribution is 5.85. The summed E-state index contributed by atoms with van der Waals surface area (Å²) in [6.07, 6.45) is 3.84. The van der Waals surface area contributed by atoms with Crippen LogP contribution >= 0.6 is 0 Å². The molecule has 0 amide bonds. The van der Waals surface area contributed by atoms with E-state index in [0.717, 1.165) is 25.7 Å². The SMILES string of the molecule is c1ccc2c(COCCC3CCCNC3)cccc2c1. The smallest absolute Gasteiger partial charge is 0.0722 e. The molecular formula is C18H23NO. The largest absolute Gasteiger partial charge is 0.377 e. The number of hydrogen-bond donors (Lipinski definition) is 1. The van der Waals surface area contributed by atoms with Crippen LogP contribution in [-0.2, 0) is 11.3 Å². The van der Waals surface area contributed by atoms with E-state index in [1.165, 1.54) is 42.1 Å². The van der Waals surface area contributed by atoms with Crippen LogP contribution in [0.5, 0.6) is 0 Å². The Morgan fingerprint density at radius 3 is 2.90 bits per heavy atom. The predicted octanol–water partition coefficient (Wildman–Crippen LogP) is 3.75. The molecule has 1 saturated heterocycles. The molecule has 1 N–H and O–H groups in total. The molecule has 3 rings (SSSR count). The maximum absolute atomic E-state index is 5.90. The Balaban J connectivity index is 1.52. The van der Waals surface area contributed by atoms with Crippen LogP contribution in [0.1, 0.15) is 24.8 Å². The quantitative estimate of drug-likeness (QED) is 0.835. The number of benzene rings is 2. The topological polar surface area (TPSA) is 21.3 Å². The Kier molecular flexibility index (Phi) is 4.67. The van der Waals surface area contributed by atoms with Crippen molar-refractivity contribution in [3.63, 3.8) is 0 Å². The minimum Gasteiger partial charge on any atom is -0.377 e. The number of rotatable bonds is 5. The summed E-state index contributed by atoms with van der Waals surface area (Å²) in [6.45, 7) is 3.95. The number of fused-ring (bicyclic) bond motifs is 1. The summed E-state index contributed by atoms with van der Waals surface area (Å²) >= 11 is 0. The Bertz CT molecular complexity index is 541. The van der Waals surface area contributed by atoms with Crippen molar-refractivity contribution in [2.45, 2.75) is 25.9 Å². The van der Waals surface area contributed by atoms with Crippen molar-refractivity contribution in [1.82, 2.24) is 5.32 Å². The first-order valence-electron chi connectivity index (χ1n) is 7.68. The van der Waals surface area contributed by atoms with Gasteiger partial charge in [0.05, 0.1) is 6.61 Å². The van der Waals surface area contributed by atoms with Gasteiger partial charge in [0, 0.05) is 6.61 Å². The molecule has 1 fully saturated rings. The zero-order valence-corrected chi connectivity index (χ0v) is 12.0. The fraction of sp³-hybridized carbons (Fsp3) is 0.444. The van der Waals surface area contributed by atoms with Gasteiger partial charge in [-0.15, -0.1) is 0 Å². The molecule has 2 heteroatoms. The van der Waals surface area contributed by atoms with Crippen molar-refractivity contribution in [2.24, 2.45) is 5.92 Å². The molecular weight excluding hydrogens is 246 g/mol. The highest BCUT2D eigenvalue weighted by atomic mass is 16.5. The van der Waals surface area contributed by atoms with Gasteiger partial charge in [-0.2, -0.15) is 0 Å². The minimum absolute atomic E-state index is 0.724. The lowest BCUT2D eigenvalue weighted by Gasteiger charge is -2.22. The molecule has 106 valence electrons. The van der Waals surface area contributed by atoms with Gasteiger partial charge in [-0.1, -0.05) is 42.5 Å². The lowest BCUT2D eigenvalue weighted by atomic mass is 9.97. The van der Waals surface area contributed by atoms with Crippen LogP contribution in [0.15, 0.2) is 42.5 Å². The summed E-state index contributed by atoms with van der Waals surface area (Å²) in [5, 5.41) is 6.07. The van der Waals surface area contributed by atoms with Gasteiger partial charge >= 0.3 is 0 Å². The van der Waals surface area contributed by atoms with Crippen molar-refractivity contribution in [3.8, 4) is 0 Å². The summed E-state index contributed by atoms with van der Waals surface area (Å²) in [5.41, 5.74) is 1.30. The van der Waals surface area contributed by atoms with Gasteiger partial charge in [-0.3, -0.25) is 0 Å². The fourth-order valence-corrected chi connectivity index (χ4v) is 3.02. The van der Waals surface area contributed by atoms with Crippen LogP contribution in [-0.4, -0.2) is 19.7 Å². The predicted molar refractivity (Wildman–Crippen MR) is 83.8 cm³/mol. The standard InChI is InChI=1S/C18H23NO/c1-2-9-18-16(6-1)7-3-8-17(18)14-20-12-10-15-5-4-11-19-13-15/h1-3,6-9,15,19H,4-5,10-14H2. The average molecular weight is 269 g/mol. The van der Waals surface area contributed by atoms with Crippen LogP contribution in [0.25, 0.3) is 10.8 Å². The van der Waals surface area contributed by atoms with Crippen molar-refractivity contribution in [1.29, 1.82) is 0 Å². The summed E-state index contributed by atoms with van der Waals surface area (Å²) in [5.74, 6) is 0.802. The number of piperidine rings is 1. The van der Waals surface area contributed by atoms with Gasteiger partial charge in [-0.25, -0.2) is 0 Å². The van der Waals surface area contributed by atoms with Crippen LogP contribution in [0, 0.1) is 5.92 Å². The molecule has 2 nitrogen and oxygen atoms in total. The molecule has 1 aliphatic rings. The number of hydrogen-bond acceptors (Lipinski definition) is 2. The Labute approximate surface area is 121 Å². The average Bonchev–Trinajstić information content (AvgIpc) is 2.53. The minimum atomic E-state index is 0.724. The second-order valence-electron chi connectivity index (χ2n) is 5.69. The van der Waals surface area contributed by atoms with E-state index in [1.807, 2.05) is 0 Å². The normalized spacial score (nSPS) is 19.3. The molecule has 1 aliphatic heterocycles. The van der Waals surface area contributed by atoms with Gasteiger partial charge in [0.1, 0.15) is 0 Å². The van der Waals surface area contributed by atoms with Crippen LogP contribution in [0.2, 0.25) is 0 Å². The second-order valence-corrected chi connectivity index (χ2v) is 5.69. The van der Waals surface area contributed by atoms with Crippen molar-refractivity contribution in [3.05, 3.63) is 48.0 Å². The first kappa shape index (κ1) is 13.6. The van der Waals surface area contributed by atoms with Crippen LogP contribution < -0.4 is 5.32 Å². The Morgan fingerprint density at radius 2 is 2.00 bits per heavy atom. The molecule has 0 radical (unpaired) electrons. The first-order valence-corrected chi connectivity index (χ1v) is 7.68. The Hall–Kier alpha value is -1.38. The van der Waals surface area contributed by atoms with E-state index in [1.54, 1.807) is 0 Å². The lowest BCUT2D eigenvalue weighted by molar-refractivity contribution is 0.104. The van der Waals surface area contributed by atoms with E-state index in [9.17, 15) is 0 Å². The van der Waals surface area contributed by atoms with Gasteiger partial charge in [0.15, 0.2) is 0 Å². The third kappa shape index (κ3) is 3.38. The molecule has 2 aromatic carbocycles. The number of nitrogens with one attached hydrogen (secondary N) is 1. The maximum atomic E-state index is 5.90. The monoisotopic (exact) mass is 269 g/mol. The van der Waals surface area contributed by atoms with Crippen molar-refractivity contribution in [2.75, 3.05) is 19.7 Å². The van der Waals surface area contributed by atoms with E-state index >= 15 is 0 Å². The summed E-state index contributed by atoms with van der Waals surface area (Å²) in [7, 11) is 0. The lowest BCUT2D eigenvalue weighted by Crippen LogP contribution is -2.30. The molecule has 1 unspecified atom stereocenters. The molecule has 1 heterocycles. The zero-order valence-electron chi connectivity index (χ0n) is 12.0. The van der Waals surface area contributed by atoms with Crippen LogP contribution in [0.4, 0.5) is 0 Å². The van der Waals surface area contributed by atoms with E-state index in [4.69, 9.17) is 4.74 Å². The number of ether oxygens (including phenoxy) is 1. The highest BCUT2D eigenvalue weighted by Crippen LogP contribution is 2.20. The van der Waals surface area contributed by atoms with E-state index < -0.39 is 0 Å². The van der Waals surface area contributed by atoms with E-state index in [0.29, 0.717) is 0 Å². The Morgan fingerprint density at radius 1 is 1.10 bits per heavy atom. The van der Waals surface area contributed by atoms with Gasteiger partial charge in [-0.05, 0) is 54.6 Å². The van der Waals surface area contributed by atoms with Crippen LogP contribution in [0.3, 0.4) is 0 Å². The molecule has 0 spiro atoms. The second kappa shape index (κ2) is 6.87. The van der Waals surface area contributed by atoms with E-state index in [-0.39, 0.29) is 0 Å². The molecule has 1 atom stereocenters. The molecule has 2 aromatic rings. The maximum Gasteiger partial charge on any atom is 0.0722 e. The third-order valence-electron chi connectivity index (χ3n) is 4.21. The molecule has 20 heavy (non-hydrogen) atoms. The third-order valence-corrected chi connectivity index (χ3v) is 4.21. The zero-order chi connectivity index (χ0) is 13.6. The van der Waals surface area contributed by atoms with Gasteiger partial charge < -0.3 is 10.1 Å².